The Bertz CT molecular complexity index is 362. The number of halogens is 2. The predicted molar refractivity (Wildman–Crippen MR) is 70.7 cm³/mol. The molecule has 88 valence electrons. The molecule has 1 aromatic carbocycles. The quantitative estimate of drug-likeness (QED) is 0.897. The van der Waals surface area contributed by atoms with E-state index in [1.165, 1.54) is 6.42 Å². The highest BCUT2D eigenvalue weighted by molar-refractivity contribution is 6.42. The van der Waals surface area contributed by atoms with Crippen molar-refractivity contribution in [3.05, 3.63) is 28.2 Å². The highest BCUT2D eigenvalue weighted by Gasteiger charge is 2.16. The summed E-state index contributed by atoms with van der Waals surface area (Å²) >= 11 is 11.9. The molecule has 1 saturated heterocycles. The molecule has 1 N–H and O–H groups in total. The zero-order chi connectivity index (χ0) is 11.5. The van der Waals surface area contributed by atoms with Gasteiger partial charge in [0.25, 0.3) is 0 Å². The van der Waals surface area contributed by atoms with E-state index >= 15 is 0 Å². The second-order valence-electron chi connectivity index (χ2n) is 4.34. The molecule has 4 heteroatoms. The van der Waals surface area contributed by atoms with Crippen LogP contribution in [0.3, 0.4) is 0 Å². The Morgan fingerprint density at radius 3 is 2.81 bits per heavy atom. The largest absolute Gasteiger partial charge is 0.374 e. The van der Waals surface area contributed by atoms with Gasteiger partial charge in [-0.3, -0.25) is 0 Å². The van der Waals surface area contributed by atoms with Gasteiger partial charge in [-0.05, 0) is 43.6 Å². The molecule has 16 heavy (non-hydrogen) atoms. The van der Waals surface area contributed by atoms with E-state index in [-0.39, 0.29) is 0 Å². The van der Waals surface area contributed by atoms with Crippen LogP contribution in [0.5, 0.6) is 0 Å². The first-order valence-corrected chi connectivity index (χ1v) is 6.29. The molecule has 1 aliphatic heterocycles. The van der Waals surface area contributed by atoms with E-state index in [2.05, 4.69) is 17.3 Å². The predicted octanol–water partition coefficient (Wildman–Crippen LogP) is 3.04. The van der Waals surface area contributed by atoms with Gasteiger partial charge in [-0.25, -0.2) is 0 Å². The Hall–Kier alpha value is -0.440. The third-order valence-corrected chi connectivity index (χ3v) is 3.78. The van der Waals surface area contributed by atoms with Crippen molar-refractivity contribution < 1.29 is 0 Å². The van der Waals surface area contributed by atoms with E-state index in [1.54, 1.807) is 0 Å². The Morgan fingerprint density at radius 2 is 2.19 bits per heavy atom. The van der Waals surface area contributed by atoms with Gasteiger partial charge in [0, 0.05) is 19.3 Å². The van der Waals surface area contributed by atoms with Crippen molar-refractivity contribution >= 4 is 28.9 Å². The third-order valence-electron chi connectivity index (χ3n) is 3.04. The molecular weight excluding hydrogens is 243 g/mol. The topological polar surface area (TPSA) is 15.3 Å². The van der Waals surface area contributed by atoms with Gasteiger partial charge in [0.05, 0.1) is 10.0 Å². The molecule has 2 rings (SSSR count). The average Bonchev–Trinajstić information content (AvgIpc) is 2.74. The van der Waals surface area contributed by atoms with E-state index in [1.807, 2.05) is 18.2 Å². The Kier molecular flexibility index (Phi) is 3.95. The number of rotatable bonds is 3. The first kappa shape index (κ1) is 12.0. The number of anilines is 1. The number of nitrogens with zero attached hydrogens (tertiary/aromatic N) is 1. The molecule has 0 saturated carbocycles. The van der Waals surface area contributed by atoms with Crippen molar-refractivity contribution in [2.45, 2.75) is 6.42 Å². The molecule has 1 heterocycles. The summed E-state index contributed by atoms with van der Waals surface area (Å²) in [5.74, 6) is 0.736. The maximum atomic E-state index is 6.00. The van der Waals surface area contributed by atoms with Crippen LogP contribution in [0.4, 0.5) is 5.69 Å². The number of hydrogen-bond acceptors (Lipinski definition) is 2. The standard InChI is InChI=1S/C12H16Cl2N2/c1-16(8-9-4-5-15-7-9)10-2-3-11(13)12(14)6-10/h2-3,6,9,15H,4-5,7-8H2,1H3. The minimum atomic E-state index is 0.612. The lowest BCUT2D eigenvalue weighted by molar-refractivity contribution is 0.578. The maximum absolute atomic E-state index is 6.00. The molecule has 1 aromatic rings. The van der Waals surface area contributed by atoms with Gasteiger partial charge in [-0.1, -0.05) is 23.2 Å². The van der Waals surface area contributed by atoms with Crippen molar-refractivity contribution in [2.75, 3.05) is 31.6 Å². The van der Waals surface area contributed by atoms with E-state index in [0.717, 1.165) is 31.2 Å². The minimum absolute atomic E-state index is 0.612. The highest BCUT2D eigenvalue weighted by Crippen LogP contribution is 2.27. The maximum Gasteiger partial charge on any atom is 0.0612 e. The minimum Gasteiger partial charge on any atom is -0.374 e. The summed E-state index contributed by atoms with van der Waals surface area (Å²) in [5, 5.41) is 4.61. The number of nitrogens with one attached hydrogen (secondary N) is 1. The van der Waals surface area contributed by atoms with E-state index in [0.29, 0.717) is 10.0 Å². The van der Waals surface area contributed by atoms with Crippen LogP contribution in [0.15, 0.2) is 18.2 Å². The summed E-state index contributed by atoms with van der Waals surface area (Å²) in [6.07, 6.45) is 1.26. The fourth-order valence-electron chi connectivity index (χ4n) is 2.09. The van der Waals surface area contributed by atoms with Crippen molar-refractivity contribution in [3.63, 3.8) is 0 Å². The van der Waals surface area contributed by atoms with Crippen LogP contribution in [0.25, 0.3) is 0 Å². The van der Waals surface area contributed by atoms with E-state index in [4.69, 9.17) is 23.2 Å². The smallest absolute Gasteiger partial charge is 0.0612 e. The normalized spacial score (nSPS) is 20.1. The molecule has 1 unspecified atom stereocenters. The number of hydrogen-bond donors (Lipinski definition) is 1. The lowest BCUT2D eigenvalue weighted by Crippen LogP contribution is -2.26. The van der Waals surface area contributed by atoms with Gasteiger partial charge in [-0.15, -0.1) is 0 Å². The van der Waals surface area contributed by atoms with Crippen LogP contribution in [0, 0.1) is 5.92 Å². The van der Waals surface area contributed by atoms with E-state index < -0.39 is 0 Å². The molecule has 1 fully saturated rings. The summed E-state index contributed by atoms with van der Waals surface area (Å²) < 4.78 is 0. The Morgan fingerprint density at radius 1 is 1.38 bits per heavy atom. The zero-order valence-corrected chi connectivity index (χ0v) is 10.9. The van der Waals surface area contributed by atoms with Gasteiger partial charge >= 0.3 is 0 Å². The highest BCUT2D eigenvalue weighted by atomic mass is 35.5. The Labute approximate surface area is 107 Å². The van der Waals surface area contributed by atoms with Crippen LogP contribution >= 0.6 is 23.2 Å². The van der Waals surface area contributed by atoms with Crippen LogP contribution in [0.1, 0.15) is 6.42 Å². The molecule has 0 bridgehead atoms. The molecule has 0 amide bonds. The van der Waals surface area contributed by atoms with Gasteiger partial charge in [0.2, 0.25) is 0 Å². The van der Waals surface area contributed by atoms with Gasteiger partial charge in [0.15, 0.2) is 0 Å². The van der Waals surface area contributed by atoms with Gasteiger partial charge in [-0.2, -0.15) is 0 Å². The Balaban J connectivity index is 2.02. The fourth-order valence-corrected chi connectivity index (χ4v) is 2.38. The number of benzene rings is 1. The molecular formula is C12H16Cl2N2. The van der Waals surface area contributed by atoms with Crippen molar-refractivity contribution in [3.8, 4) is 0 Å². The van der Waals surface area contributed by atoms with Crippen LogP contribution in [-0.2, 0) is 0 Å². The van der Waals surface area contributed by atoms with Crippen molar-refractivity contribution in [1.82, 2.24) is 5.32 Å². The second kappa shape index (κ2) is 5.26. The average molecular weight is 259 g/mol. The molecule has 0 radical (unpaired) electrons. The summed E-state index contributed by atoms with van der Waals surface area (Å²) in [4.78, 5) is 2.24. The lowest BCUT2D eigenvalue weighted by Gasteiger charge is -2.23. The van der Waals surface area contributed by atoms with Gasteiger partial charge < -0.3 is 10.2 Å². The SMILES string of the molecule is CN(CC1CCNC1)c1ccc(Cl)c(Cl)c1. The van der Waals surface area contributed by atoms with Crippen LogP contribution in [-0.4, -0.2) is 26.7 Å². The molecule has 2 nitrogen and oxygen atoms in total. The molecule has 0 aromatic heterocycles. The zero-order valence-electron chi connectivity index (χ0n) is 9.34. The van der Waals surface area contributed by atoms with E-state index in [9.17, 15) is 0 Å². The van der Waals surface area contributed by atoms with Crippen LogP contribution in [0.2, 0.25) is 10.0 Å². The monoisotopic (exact) mass is 258 g/mol. The summed E-state index contributed by atoms with van der Waals surface area (Å²) in [5.41, 5.74) is 1.13. The fraction of sp³-hybridized carbons (Fsp3) is 0.500. The lowest BCUT2D eigenvalue weighted by atomic mass is 10.1. The first-order valence-electron chi connectivity index (χ1n) is 5.53. The van der Waals surface area contributed by atoms with Crippen LogP contribution < -0.4 is 10.2 Å². The molecule has 0 spiro atoms. The first-order chi connectivity index (χ1) is 7.66. The van der Waals surface area contributed by atoms with Crippen molar-refractivity contribution in [1.29, 1.82) is 0 Å². The second-order valence-corrected chi connectivity index (χ2v) is 5.15. The molecule has 1 aliphatic rings. The summed E-state index contributed by atoms with van der Waals surface area (Å²) in [6.45, 7) is 3.32. The summed E-state index contributed by atoms with van der Waals surface area (Å²) in [7, 11) is 2.10. The molecule has 0 aliphatic carbocycles. The summed E-state index contributed by atoms with van der Waals surface area (Å²) in [6, 6.07) is 5.78. The third kappa shape index (κ3) is 2.82. The molecule has 1 atom stereocenters. The van der Waals surface area contributed by atoms with Crippen molar-refractivity contribution in [2.24, 2.45) is 5.92 Å². The van der Waals surface area contributed by atoms with Gasteiger partial charge in [0.1, 0.15) is 0 Å².